The van der Waals surface area contributed by atoms with Gasteiger partial charge in [0, 0.05) is 26.3 Å². The zero-order valence-corrected chi connectivity index (χ0v) is 16.8. The van der Waals surface area contributed by atoms with Crippen molar-refractivity contribution in [3.63, 3.8) is 0 Å². The maximum atomic E-state index is 12.2. The molecule has 0 saturated heterocycles. The van der Waals surface area contributed by atoms with Crippen molar-refractivity contribution in [2.75, 3.05) is 26.0 Å². The van der Waals surface area contributed by atoms with Crippen LogP contribution in [0, 0.1) is 6.92 Å². The van der Waals surface area contributed by atoms with Crippen LogP contribution in [0.4, 0.5) is 10.5 Å². The van der Waals surface area contributed by atoms with E-state index in [1.165, 1.54) is 26.2 Å². The molecule has 3 amide bonds. The van der Waals surface area contributed by atoms with Gasteiger partial charge in [0.25, 0.3) is 0 Å². The average Bonchev–Trinajstić information content (AvgIpc) is 2.66. The number of rotatable bonds is 7. The summed E-state index contributed by atoms with van der Waals surface area (Å²) in [6.45, 7) is 1.92. The number of carbonyl (C=O) groups excluding carboxylic acids is 2. The molecule has 0 aliphatic rings. The van der Waals surface area contributed by atoms with Crippen LogP contribution >= 0.6 is 0 Å². The number of nitrogens with one attached hydrogen (secondary N) is 3. The van der Waals surface area contributed by atoms with Gasteiger partial charge in [-0.15, -0.1) is 0 Å². The molecule has 0 aliphatic carbocycles. The summed E-state index contributed by atoms with van der Waals surface area (Å²) < 4.78 is 25.6. The highest BCUT2D eigenvalue weighted by Gasteiger charge is 2.18. The summed E-state index contributed by atoms with van der Waals surface area (Å²) in [7, 11) is -0.682. The molecule has 3 N–H and O–H groups in total. The van der Waals surface area contributed by atoms with Crippen LogP contribution in [0.25, 0.3) is 0 Å². The molecule has 0 unspecified atom stereocenters. The number of sulfonamides is 1. The van der Waals surface area contributed by atoms with Gasteiger partial charge < -0.3 is 10.6 Å². The Labute approximate surface area is 165 Å². The second kappa shape index (κ2) is 9.34. The minimum atomic E-state index is -3.58. The van der Waals surface area contributed by atoms with Crippen LogP contribution in [0.15, 0.2) is 53.4 Å². The van der Waals surface area contributed by atoms with E-state index >= 15 is 0 Å². The highest BCUT2D eigenvalue weighted by molar-refractivity contribution is 7.89. The molecule has 2 aromatic carbocycles. The fraction of sp³-hybridized carbons (Fsp3) is 0.263. The van der Waals surface area contributed by atoms with E-state index in [0.29, 0.717) is 12.2 Å². The van der Waals surface area contributed by atoms with Crippen molar-refractivity contribution in [2.45, 2.75) is 18.4 Å². The third kappa shape index (κ3) is 5.80. The number of aryl methyl sites for hydroxylation is 1. The first kappa shape index (κ1) is 21.4. The number of imide groups is 1. The molecule has 2 aromatic rings. The summed E-state index contributed by atoms with van der Waals surface area (Å²) in [4.78, 5) is 23.9. The average molecular weight is 404 g/mol. The van der Waals surface area contributed by atoms with Gasteiger partial charge in [-0.1, -0.05) is 36.4 Å². The summed E-state index contributed by atoms with van der Waals surface area (Å²) in [5.41, 5.74) is 2.19. The quantitative estimate of drug-likeness (QED) is 0.651. The number of anilines is 1. The predicted molar refractivity (Wildman–Crippen MR) is 107 cm³/mol. The van der Waals surface area contributed by atoms with Crippen molar-refractivity contribution in [2.24, 2.45) is 0 Å². The Bertz CT molecular complexity index is 944. The highest BCUT2D eigenvalue weighted by atomic mass is 32.2. The Morgan fingerprint density at radius 1 is 1.04 bits per heavy atom. The van der Waals surface area contributed by atoms with E-state index in [1.54, 1.807) is 13.0 Å². The lowest BCUT2D eigenvalue weighted by atomic mass is 10.2. The van der Waals surface area contributed by atoms with E-state index in [4.69, 9.17) is 0 Å². The lowest BCUT2D eigenvalue weighted by Gasteiger charge is -2.15. The first-order valence-electron chi connectivity index (χ1n) is 8.59. The summed E-state index contributed by atoms with van der Waals surface area (Å²) in [5, 5.41) is 7.69. The van der Waals surface area contributed by atoms with Crippen LogP contribution in [0.2, 0.25) is 0 Å². The molecule has 2 rings (SSSR count). The van der Waals surface area contributed by atoms with Gasteiger partial charge in [0.15, 0.2) is 0 Å². The van der Waals surface area contributed by atoms with Crippen LogP contribution < -0.4 is 16.0 Å². The first-order chi connectivity index (χ1) is 13.2. The van der Waals surface area contributed by atoms with E-state index in [9.17, 15) is 18.0 Å². The minimum absolute atomic E-state index is 0.117. The Balaban J connectivity index is 1.91. The molecule has 150 valence electrons. The number of benzene rings is 2. The maximum absolute atomic E-state index is 12.2. The van der Waals surface area contributed by atoms with Crippen LogP contribution in [0.1, 0.15) is 11.1 Å². The van der Waals surface area contributed by atoms with Gasteiger partial charge in [-0.25, -0.2) is 17.5 Å². The Hall–Kier alpha value is -2.91. The molecule has 28 heavy (non-hydrogen) atoms. The number of nitrogens with zero attached hydrogens (tertiary/aromatic N) is 1. The summed E-state index contributed by atoms with van der Waals surface area (Å²) in [5.74, 6) is -0.536. The van der Waals surface area contributed by atoms with Crippen LogP contribution in [0.3, 0.4) is 0 Å². The molecule has 0 heterocycles. The van der Waals surface area contributed by atoms with Gasteiger partial charge in [0.2, 0.25) is 15.9 Å². The van der Waals surface area contributed by atoms with Gasteiger partial charge >= 0.3 is 6.03 Å². The topological polar surface area (TPSA) is 108 Å². The highest BCUT2D eigenvalue weighted by Crippen LogP contribution is 2.21. The summed E-state index contributed by atoms with van der Waals surface area (Å²) in [6.07, 6.45) is 0. The molecule has 0 saturated carbocycles. The third-order valence-electron chi connectivity index (χ3n) is 3.98. The lowest BCUT2D eigenvalue weighted by Crippen LogP contribution is -2.41. The number of hydrogen-bond donors (Lipinski definition) is 3. The zero-order valence-electron chi connectivity index (χ0n) is 16.0. The monoisotopic (exact) mass is 404 g/mol. The molecule has 0 aliphatic heterocycles. The summed E-state index contributed by atoms with van der Waals surface area (Å²) in [6, 6.07) is 13.3. The third-order valence-corrected chi connectivity index (χ3v) is 5.79. The smallest absolute Gasteiger partial charge is 0.321 e. The molecule has 0 atom stereocenters. The summed E-state index contributed by atoms with van der Waals surface area (Å²) >= 11 is 0. The van der Waals surface area contributed by atoms with Crippen molar-refractivity contribution < 1.29 is 18.0 Å². The van der Waals surface area contributed by atoms with Crippen molar-refractivity contribution in [3.8, 4) is 0 Å². The largest absolute Gasteiger partial charge is 0.376 e. The van der Waals surface area contributed by atoms with Crippen molar-refractivity contribution in [1.29, 1.82) is 0 Å². The Kier molecular flexibility index (Phi) is 7.13. The van der Waals surface area contributed by atoms with Crippen LogP contribution in [-0.4, -0.2) is 45.3 Å². The van der Waals surface area contributed by atoms with Gasteiger partial charge in [0.1, 0.15) is 0 Å². The predicted octanol–water partition coefficient (Wildman–Crippen LogP) is 1.68. The van der Waals surface area contributed by atoms with E-state index in [0.717, 1.165) is 15.4 Å². The molecule has 0 radical (unpaired) electrons. The molecule has 8 nitrogen and oxygen atoms in total. The van der Waals surface area contributed by atoms with Crippen molar-refractivity contribution in [3.05, 3.63) is 59.7 Å². The van der Waals surface area contributed by atoms with Crippen LogP contribution in [-0.2, 0) is 21.4 Å². The number of urea groups is 1. The van der Waals surface area contributed by atoms with Gasteiger partial charge in [-0.3, -0.25) is 10.1 Å². The molecule has 0 spiro atoms. The number of hydrogen-bond acceptors (Lipinski definition) is 5. The van der Waals surface area contributed by atoms with Gasteiger partial charge in [0.05, 0.1) is 11.4 Å². The molecule has 9 heteroatoms. The Morgan fingerprint density at radius 2 is 1.71 bits per heavy atom. The fourth-order valence-electron chi connectivity index (χ4n) is 2.33. The zero-order chi connectivity index (χ0) is 20.7. The SMILES string of the molecule is Cc1ccc(S(=O)(=O)N(C)C)cc1NCC(=O)NC(=O)NCc1ccccc1. The molecule has 0 aromatic heterocycles. The van der Waals surface area contributed by atoms with Crippen molar-refractivity contribution >= 4 is 27.6 Å². The molecular weight excluding hydrogens is 380 g/mol. The van der Waals surface area contributed by atoms with Crippen molar-refractivity contribution in [1.82, 2.24) is 14.9 Å². The Morgan fingerprint density at radius 3 is 2.36 bits per heavy atom. The second-order valence-electron chi connectivity index (χ2n) is 6.33. The standard InChI is InChI=1S/C19H24N4O4S/c1-14-9-10-16(28(26,27)23(2)3)11-17(14)20-13-18(24)22-19(25)21-12-15-7-5-4-6-8-15/h4-11,20H,12-13H2,1-3H3,(H2,21,22,24,25). The number of amides is 3. The van der Waals surface area contributed by atoms with E-state index in [-0.39, 0.29) is 11.4 Å². The normalized spacial score (nSPS) is 11.1. The van der Waals surface area contributed by atoms with Gasteiger partial charge in [-0.2, -0.15) is 0 Å². The van der Waals surface area contributed by atoms with E-state index in [2.05, 4.69) is 16.0 Å². The van der Waals surface area contributed by atoms with Crippen LogP contribution in [0.5, 0.6) is 0 Å². The van der Waals surface area contributed by atoms with E-state index < -0.39 is 22.0 Å². The number of carbonyl (C=O) groups is 2. The maximum Gasteiger partial charge on any atom is 0.321 e. The molecular formula is C19H24N4O4S. The fourth-order valence-corrected chi connectivity index (χ4v) is 3.26. The lowest BCUT2D eigenvalue weighted by molar-refractivity contribution is -0.118. The second-order valence-corrected chi connectivity index (χ2v) is 8.49. The first-order valence-corrected chi connectivity index (χ1v) is 10.0. The molecule has 0 bridgehead atoms. The van der Waals surface area contributed by atoms with Gasteiger partial charge in [-0.05, 0) is 30.2 Å². The van der Waals surface area contributed by atoms with E-state index in [1.807, 2.05) is 30.3 Å². The molecule has 0 fully saturated rings. The minimum Gasteiger partial charge on any atom is -0.376 e.